The van der Waals surface area contributed by atoms with Crippen LogP contribution in [0.1, 0.15) is 18.1 Å². The zero-order valence-electron chi connectivity index (χ0n) is 8.46. The second-order valence-electron chi connectivity index (χ2n) is 3.63. The summed E-state index contributed by atoms with van der Waals surface area (Å²) < 4.78 is 2.18. The number of aryl methyl sites for hydroxylation is 3. The van der Waals surface area contributed by atoms with Crippen LogP contribution in [0.3, 0.4) is 0 Å². The monoisotopic (exact) mass is 173 g/mol. The molecule has 0 bridgehead atoms. The van der Waals surface area contributed by atoms with Crippen LogP contribution in [0.4, 0.5) is 0 Å². The van der Waals surface area contributed by atoms with Crippen LogP contribution in [0.2, 0.25) is 0 Å². The summed E-state index contributed by atoms with van der Waals surface area (Å²) in [6.45, 7) is 4.38. The fourth-order valence-corrected chi connectivity index (χ4v) is 1.83. The lowest BCUT2D eigenvalue weighted by molar-refractivity contribution is 0.966. The molecule has 1 aromatic carbocycles. The van der Waals surface area contributed by atoms with Crippen molar-refractivity contribution in [1.82, 2.24) is 4.57 Å². The lowest BCUT2D eigenvalue weighted by Gasteiger charge is -2.03. The fraction of sp³-hybridized carbons (Fsp3) is 0.333. The van der Waals surface area contributed by atoms with Gasteiger partial charge in [0.1, 0.15) is 0 Å². The van der Waals surface area contributed by atoms with Crippen LogP contribution >= 0.6 is 0 Å². The van der Waals surface area contributed by atoms with E-state index in [1.165, 1.54) is 22.0 Å². The number of benzene rings is 1. The van der Waals surface area contributed by atoms with Gasteiger partial charge in [-0.3, -0.25) is 0 Å². The summed E-state index contributed by atoms with van der Waals surface area (Å²) in [7, 11) is 2.10. The minimum Gasteiger partial charge on any atom is -0.351 e. The highest BCUT2D eigenvalue weighted by molar-refractivity contribution is 5.84. The molecule has 0 fully saturated rings. The van der Waals surface area contributed by atoms with Gasteiger partial charge in [0.05, 0.1) is 0 Å². The van der Waals surface area contributed by atoms with Gasteiger partial charge in [-0.1, -0.05) is 13.0 Å². The van der Waals surface area contributed by atoms with Crippen molar-refractivity contribution in [2.45, 2.75) is 20.3 Å². The molecule has 0 spiro atoms. The van der Waals surface area contributed by atoms with Gasteiger partial charge in [-0.15, -0.1) is 0 Å². The van der Waals surface area contributed by atoms with E-state index in [-0.39, 0.29) is 0 Å². The maximum Gasteiger partial charge on any atom is 0.0483 e. The summed E-state index contributed by atoms with van der Waals surface area (Å²) in [5, 5.41) is 1.37. The first-order chi connectivity index (χ1) is 6.22. The third kappa shape index (κ3) is 1.24. The number of hydrogen-bond acceptors (Lipinski definition) is 0. The molecular weight excluding hydrogens is 158 g/mol. The Hall–Kier alpha value is -1.24. The molecule has 0 N–H and O–H groups in total. The molecule has 0 aliphatic rings. The van der Waals surface area contributed by atoms with Gasteiger partial charge in [-0.25, -0.2) is 0 Å². The summed E-state index contributed by atoms with van der Waals surface area (Å²) in [6, 6.07) is 6.74. The van der Waals surface area contributed by atoms with Crippen molar-refractivity contribution in [3.05, 3.63) is 35.5 Å². The molecule has 0 radical (unpaired) electrons. The Morgan fingerprint density at radius 1 is 1.31 bits per heavy atom. The quantitative estimate of drug-likeness (QED) is 0.624. The second-order valence-corrected chi connectivity index (χ2v) is 3.63. The van der Waals surface area contributed by atoms with Crippen LogP contribution in [0.5, 0.6) is 0 Å². The Balaban J connectivity index is 2.80. The highest BCUT2D eigenvalue weighted by Crippen LogP contribution is 2.21. The Bertz CT molecular complexity index is 438. The third-order valence-electron chi connectivity index (χ3n) is 2.68. The van der Waals surface area contributed by atoms with Gasteiger partial charge in [0.25, 0.3) is 0 Å². The molecule has 13 heavy (non-hydrogen) atoms. The molecule has 2 aromatic rings. The largest absolute Gasteiger partial charge is 0.351 e. The topological polar surface area (TPSA) is 4.93 Å². The summed E-state index contributed by atoms with van der Waals surface area (Å²) >= 11 is 0. The molecule has 0 aliphatic carbocycles. The normalized spacial score (nSPS) is 11.0. The van der Waals surface area contributed by atoms with E-state index in [4.69, 9.17) is 0 Å². The Kier molecular flexibility index (Phi) is 1.87. The van der Waals surface area contributed by atoms with Crippen LogP contribution in [0.25, 0.3) is 10.9 Å². The lowest BCUT2D eigenvalue weighted by Crippen LogP contribution is -1.88. The van der Waals surface area contributed by atoms with E-state index < -0.39 is 0 Å². The van der Waals surface area contributed by atoms with Crippen LogP contribution in [-0.2, 0) is 13.5 Å². The highest BCUT2D eigenvalue weighted by atomic mass is 14.9. The highest BCUT2D eigenvalue weighted by Gasteiger charge is 2.02. The molecule has 0 saturated carbocycles. The molecule has 0 atom stereocenters. The van der Waals surface area contributed by atoms with Gasteiger partial charge >= 0.3 is 0 Å². The van der Waals surface area contributed by atoms with Crippen molar-refractivity contribution in [1.29, 1.82) is 0 Å². The van der Waals surface area contributed by atoms with Crippen LogP contribution in [-0.4, -0.2) is 4.57 Å². The predicted octanol–water partition coefficient (Wildman–Crippen LogP) is 3.05. The Morgan fingerprint density at radius 2 is 2.08 bits per heavy atom. The molecule has 0 saturated heterocycles. The minimum atomic E-state index is 1.11. The van der Waals surface area contributed by atoms with E-state index >= 15 is 0 Å². The average Bonchev–Trinajstić information content (AvgIpc) is 2.48. The van der Waals surface area contributed by atoms with Gasteiger partial charge in [0.15, 0.2) is 0 Å². The number of nitrogens with zero attached hydrogens (tertiary/aromatic N) is 1. The molecule has 1 aromatic heterocycles. The molecule has 1 nitrogen and oxygen atoms in total. The van der Waals surface area contributed by atoms with Crippen LogP contribution in [0, 0.1) is 6.92 Å². The zero-order chi connectivity index (χ0) is 9.42. The van der Waals surface area contributed by atoms with E-state index in [9.17, 15) is 0 Å². The number of fused-ring (bicyclic) bond motifs is 1. The number of aromatic nitrogens is 1. The van der Waals surface area contributed by atoms with Gasteiger partial charge in [-0.05, 0) is 36.6 Å². The van der Waals surface area contributed by atoms with Crippen molar-refractivity contribution in [3.63, 3.8) is 0 Å². The minimum absolute atomic E-state index is 1.11. The summed E-state index contributed by atoms with van der Waals surface area (Å²) in [4.78, 5) is 0. The second kappa shape index (κ2) is 2.91. The molecular formula is C12H15N. The zero-order valence-corrected chi connectivity index (χ0v) is 8.46. The van der Waals surface area contributed by atoms with E-state index in [2.05, 4.69) is 49.9 Å². The molecule has 2 rings (SSSR count). The summed E-state index contributed by atoms with van der Waals surface area (Å²) in [5.41, 5.74) is 4.15. The van der Waals surface area contributed by atoms with E-state index in [1.807, 2.05) is 0 Å². The third-order valence-corrected chi connectivity index (χ3v) is 2.68. The standard InChI is InChI=1S/C12H15N/c1-4-10-7-9(2)11-5-6-13(3)12(11)8-10/h5-8H,4H2,1-3H3. The van der Waals surface area contributed by atoms with Crippen molar-refractivity contribution in [2.75, 3.05) is 0 Å². The molecule has 0 aliphatic heterocycles. The number of hydrogen-bond donors (Lipinski definition) is 0. The maximum absolute atomic E-state index is 2.28. The van der Waals surface area contributed by atoms with Crippen LogP contribution in [0.15, 0.2) is 24.4 Å². The first-order valence-corrected chi connectivity index (χ1v) is 4.77. The molecule has 1 heterocycles. The first-order valence-electron chi connectivity index (χ1n) is 4.77. The summed E-state index contributed by atoms with van der Waals surface area (Å²) in [5.74, 6) is 0. The van der Waals surface area contributed by atoms with Gasteiger partial charge < -0.3 is 4.57 Å². The van der Waals surface area contributed by atoms with Crippen LogP contribution < -0.4 is 0 Å². The SMILES string of the molecule is CCc1cc(C)c2ccn(C)c2c1. The average molecular weight is 173 g/mol. The number of rotatable bonds is 1. The molecule has 0 unspecified atom stereocenters. The van der Waals surface area contributed by atoms with Gasteiger partial charge in [0.2, 0.25) is 0 Å². The fourth-order valence-electron chi connectivity index (χ4n) is 1.83. The van der Waals surface area contributed by atoms with Crippen molar-refractivity contribution < 1.29 is 0 Å². The van der Waals surface area contributed by atoms with Crippen molar-refractivity contribution in [2.24, 2.45) is 7.05 Å². The molecule has 68 valence electrons. The van der Waals surface area contributed by atoms with E-state index in [1.54, 1.807) is 0 Å². The lowest BCUT2D eigenvalue weighted by atomic mass is 10.1. The molecule has 0 amide bonds. The Morgan fingerprint density at radius 3 is 2.77 bits per heavy atom. The Labute approximate surface area is 79.0 Å². The van der Waals surface area contributed by atoms with Crippen molar-refractivity contribution in [3.8, 4) is 0 Å². The van der Waals surface area contributed by atoms with Crippen molar-refractivity contribution >= 4 is 10.9 Å². The molecule has 1 heteroatoms. The first kappa shape index (κ1) is 8.36. The summed E-state index contributed by atoms with van der Waals surface area (Å²) in [6.07, 6.45) is 3.24. The maximum atomic E-state index is 2.28. The van der Waals surface area contributed by atoms with E-state index in [0.717, 1.165) is 6.42 Å². The smallest absolute Gasteiger partial charge is 0.0483 e. The van der Waals surface area contributed by atoms with Gasteiger partial charge in [0, 0.05) is 24.1 Å². The predicted molar refractivity (Wildman–Crippen MR) is 57.0 cm³/mol. The van der Waals surface area contributed by atoms with E-state index in [0.29, 0.717) is 0 Å². The van der Waals surface area contributed by atoms with Gasteiger partial charge in [-0.2, -0.15) is 0 Å².